The molecule has 0 atom stereocenters. The minimum Gasteiger partial charge on any atom is -0.492 e. The normalized spacial score (nSPS) is 38.2. The molecule has 0 heterocycles. The molecule has 20 heavy (non-hydrogen) atoms. The maximum Gasteiger partial charge on any atom is 0.135 e. The number of hydrogen-bond donors (Lipinski definition) is 0. The van der Waals surface area contributed by atoms with Crippen LogP contribution < -0.4 is 4.74 Å². The molecule has 4 saturated carbocycles. The van der Waals surface area contributed by atoms with Crippen LogP contribution in [-0.4, -0.2) is 6.61 Å². The van der Waals surface area contributed by atoms with Gasteiger partial charge >= 0.3 is 0 Å². The molecule has 4 fully saturated rings. The van der Waals surface area contributed by atoms with Crippen molar-refractivity contribution in [2.24, 2.45) is 23.2 Å². The lowest BCUT2D eigenvalue weighted by molar-refractivity contribution is -0.0746. The van der Waals surface area contributed by atoms with Gasteiger partial charge < -0.3 is 4.74 Å². The SMILES string of the molecule is Fc1ccc(I)c(OCC23CC4CC(CC(C4)C2)C3)c1. The summed E-state index contributed by atoms with van der Waals surface area (Å²) in [4.78, 5) is 0. The van der Waals surface area contributed by atoms with Gasteiger partial charge in [0.15, 0.2) is 0 Å². The zero-order valence-corrected chi connectivity index (χ0v) is 13.7. The summed E-state index contributed by atoms with van der Waals surface area (Å²) < 4.78 is 20.4. The lowest BCUT2D eigenvalue weighted by atomic mass is 9.50. The molecule has 0 unspecified atom stereocenters. The topological polar surface area (TPSA) is 9.23 Å². The van der Waals surface area contributed by atoms with E-state index in [1.807, 2.05) is 0 Å². The average Bonchev–Trinajstić information content (AvgIpc) is 2.38. The van der Waals surface area contributed by atoms with E-state index < -0.39 is 0 Å². The van der Waals surface area contributed by atoms with Crippen LogP contribution in [0.4, 0.5) is 4.39 Å². The maximum atomic E-state index is 13.3. The molecule has 1 nitrogen and oxygen atoms in total. The Morgan fingerprint density at radius 2 is 1.70 bits per heavy atom. The number of hydrogen-bond acceptors (Lipinski definition) is 1. The number of rotatable bonds is 3. The average molecular weight is 386 g/mol. The first-order valence-corrected chi connectivity index (χ1v) is 8.78. The molecule has 1 aromatic carbocycles. The second-order valence-corrected chi connectivity index (χ2v) is 8.44. The molecule has 0 aromatic heterocycles. The van der Waals surface area contributed by atoms with Gasteiger partial charge in [-0.2, -0.15) is 0 Å². The van der Waals surface area contributed by atoms with Gasteiger partial charge in [0.2, 0.25) is 0 Å². The third-order valence-corrected chi connectivity index (χ3v) is 6.48. The second-order valence-electron chi connectivity index (χ2n) is 7.28. The highest BCUT2D eigenvalue weighted by atomic mass is 127. The van der Waals surface area contributed by atoms with Crippen molar-refractivity contribution in [3.8, 4) is 5.75 Å². The van der Waals surface area contributed by atoms with Gasteiger partial charge in [0.05, 0.1) is 10.2 Å². The molecular weight excluding hydrogens is 366 g/mol. The summed E-state index contributed by atoms with van der Waals surface area (Å²) in [7, 11) is 0. The number of ether oxygens (including phenoxy) is 1. The Morgan fingerprint density at radius 3 is 2.30 bits per heavy atom. The third-order valence-electron chi connectivity index (χ3n) is 5.59. The molecule has 1 aromatic rings. The molecule has 0 spiro atoms. The molecule has 0 saturated heterocycles. The molecule has 0 amide bonds. The first kappa shape index (κ1) is 13.4. The van der Waals surface area contributed by atoms with Crippen LogP contribution >= 0.6 is 22.6 Å². The van der Waals surface area contributed by atoms with Crippen molar-refractivity contribution < 1.29 is 9.13 Å². The smallest absolute Gasteiger partial charge is 0.135 e. The van der Waals surface area contributed by atoms with E-state index in [1.54, 1.807) is 6.07 Å². The number of benzene rings is 1. The highest BCUT2D eigenvalue weighted by Gasteiger charge is 2.51. The maximum absolute atomic E-state index is 13.3. The fourth-order valence-electron chi connectivity index (χ4n) is 5.29. The summed E-state index contributed by atoms with van der Waals surface area (Å²) in [6.45, 7) is 0.788. The van der Waals surface area contributed by atoms with Crippen LogP contribution in [0, 0.1) is 32.6 Å². The van der Waals surface area contributed by atoms with Crippen LogP contribution in [0.3, 0.4) is 0 Å². The summed E-state index contributed by atoms with van der Waals surface area (Å²) in [5, 5.41) is 0. The van der Waals surface area contributed by atoms with Crippen LogP contribution in [-0.2, 0) is 0 Å². The molecule has 4 aliphatic rings. The van der Waals surface area contributed by atoms with E-state index in [4.69, 9.17) is 4.74 Å². The van der Waals surface area contributed by atoms with Crippen molar-refractivity contribution in [3.05, 3.63) is 27.6 Å². The Bertz CT molecular complexity index is 492. The number of halogens is 2. The Labute approximate surface area is 133 Å². The Kier molecular flexibility index (Phi) is 3.24. The quantitative estimate of drug-likeness (QED) is 0.663. The summed E-state index contributed by atoms with van der Waals surface area (Å²) >= 11 is 2.23. The van der Waals surface area contributed by atoms with Gasteiger partial charge in [0.25, 0.3) is 0 Å². The Morgan fingerprint density at radius 1 is 1.10 bits per heavy atom. The molecule has 108 valence electrons. The molecular formula is C17H20FIO. The van der Waals surface area contributed by atoms with Gasteiger partial charge in [0.1, 0.15) is 11.6 Å². The van der Waals surface area contributed by atoms with Crippen LogP contribution in [0.5, 0.6) is 5.75 Å². The van der Waals surface area contributed by atoms with E-state index in [2.05, 4.69) is 22.6 Å². The molecule has 5 rings (SSSR count). The minimum atomic E-state index is -0.203. The summed E-state index contributed by atoms with van der Waals surface area (Å²) in [5.74, 6) is 3.34. The molecule has 3 heteroatoms. The van der Waals surface area contributed by atoms with Gasteiger partial charge in [-0.15, -0.1) is 0 Å². The van der Waals surface area contributed by atoms with Crippen molar-refractivity contribution in [2.75, 3.05) is 6.61 Å². The highest BCUT2D eigenvalue weighted by Crippen LogP contribution is 2.60. The first-order valence-electron chi connectivity index (χ1n) is 7.70. The van der Waals surface area contributed by atoms with Crippen molar-refractivity contribution in [3.63, 3.8) is 0 Å². The van der Waals surface area contributed by atoms with Crippen molar-refractivity contribution >= 4 is 22.6 Å². The monoisotopic (exact) mass is 386 g/mol. The van der Waals surface area contributed by atoms with E-state index in [1.165, 1.54) is 50.7 Å². The molecule has 0 aliphatic heterocycles. The van der Waals surface area contributed by atoms with E-state index >= 15 is 0 Å². The predicted molar refractivity (Wildman–Crippen MR) is 85.2 cm³/mol. The van der Waals surface area contributed by atoms with Gasteiger partial charge in [-0.25, -0.2) is 4.39 Å². The van der Waals surface area contributed by atoms with Gasteiger partial charge in [0, 0.05) is 11.5 Å². The molecule has 4 aliphatic carbocycles. The fourth-order valence-corrected chi connectivity index (χ4v) is 5.78. The van der Waals surface area contributed by atoms with Crippen LogP contribution in [0.15, 0.2) is 18.2 Å². The largest absolute Gasteiger partial charge is 0.492 e. The third kappa shape index (κ3) is 2.36. The zero-order valence-electron chi connectivity index (χ0n) is 11.6. The molecule has 4 bridgehead atoms. The second kappa shape index (κ2) is 4.85. The zero-order chi connectivity index (χ0) is 13.7. The van der Waals surface area contributed by atoms with E-state index in [0.29, 0.717) is 5.41 Å². The fraction of sp³-hybridized carbons (Fsp3) is 0.647. The van der Waals surface area contributed by atoms with Crippen molar-refractivity contribution in [1.29, 1.82) is 0 Å². The summed E-state index contributed by atoms with van der Waals surface area (Å²) in [6.07, 6.45) is 8.38. The van der Waals surface area contributed by atoms with E-state index in [0.717, 1.165) is 33.7 Å². The van der Waals surface area contributed by atoms with Gasteiger partial charge in [-0.3, -0.25) is 0 Å². The van der Waals surface area contributed by atoms with Crippen LogP contribution in [0.25, 0.3) is 0 Å². The van der Waals surface area contributed by atoms with Gasteiger partial charge in [-0.05, 0) is 91.0 Å². The summed E-state index contributed by atoms with van der Waals surface area (Å²) in [6, 6.07) is 4.83. The molecule has 0 radical (unpaired) electrons. The molecule has 0 N–H and O–H groups in total. The van der Waals surface area contributed by atoms with E-state index in [-0.39, 0.29) is 5.82 Å². The van der Waals surface area contributed by atoms with Gasteiger partial charge in [-0.1, -0.05) is 0 Å². The standard InChI is InChI=1S/C17H20FIO/c18-14-1-2-15(19)16(6-14)20-10-17-7-11-3-12(8-17)5-13(4-11)9-17/h1-2,6,11-13H,3-5,7-10H2. The lowest BCUT2D eigenvalue weighted by Gasteiger charge is -2.56. The Hall–Kier alpha value is -0.320. The predicted octanol–water partition coefficient (Wildman–Crippen LogP) is 5.03. The van der Waals surface area contributed by atoms with Crippen molar-refractivity contribution in [1.82, 2.24) is 0 Å². The van der Waals surface area contributed by atoms with Crippen LogP contribution in [0.2, 0.25) is 0 Å². The minimum absolute atomic E-state index is 0.203. The first-order chi connectivity index (χ1) is 9.62. The van der Waals surface area contributed by atoms with E-state index in [9.17, 15) is 4.39 Å². The lowest BCUT2D eigenvalue weighted by Crippen LogP contribution is -2.48. The summed E-state index contributed by atoms with van der Waals surface area (Å²) in [5.41, 5.74) is 0.393. The van der Waals surface area contributed by atoms with Crippen LogP contribution in [0.1, 0.15) is 38.5 Å². The van der Waals surface area contributed by atoms with Crippen molar-refractivity contribution in [2.45, 2.75) is 38.5 Å². The highest BCUT2D eigenvalue weighted by molar-refractivity contribution is 14.1. The Balaban J connectivity index is 1.50.